The zero-order chi connectivity index (χ0) is 28.4. The van der Waals surface area contributed by atoms with Crippen molar-refractivity contribution in [1.29, 1.82) is 0 Å². The molecular weight excluding hydrogens is 534 g/mol. The Morgan fingerprint density at radius 3 is 2.35 bits per heavy atom. The number of nitro groups is 1. The fourth-order valence-electron chi connectivity index (χ4n) is 4.48. The Kier molecular flexibility index (Phi) is 7.05. The molecule has 1 heterocycles. The number of hydrogen-bond acceptors (Lipinski definition) is 8. The molecule has 0 spiro atoms. The molecule has 1 aliphatic heterocycles. The van der Waals surface area contributed by atoms with Crippen LogP contribution in [0.2, 0.25) is 0 Å². The highest BCUT2D eigenvalue weighted by Crippen LogP contribution is 2.32. The summed E-state index contributed by atoms with van der Waals surface area (Å²) < 4.78 is 28.9. The van der Waals surface area contributed by atoms with E-state index in [9.17, 15) is 28.1 Å². The second-order valence-corrected chi connectivity index (χ2v) is 11.1. The van der Waals surface area contributed by atoms with E-state index in [1.54, 1.807) is 0 Å². The number of nitrogens with zero attached hydrogens (tertiary/aromatic N) is 2. The van der Waals surface area contributed by atoms with E-state index in [4.69, 9.17) is 4.74 Å². The smallest absolute Gasteiger partial charge is 0.338 e. The Morgan fingerprint density at radius 2 is 1.65 bits per heavy atom. The molecule has 1 aliphatic rings. The van der Waals surface area contributed by atoms with E-state index in [0.29, 0.717) is 5.70 Å². The minimum Gasteiger partial charge on any atom is -0.452 e. The monoisotopic (exact) mass is 557 g/mol. The molecule has 202 valence electrons. The van der Waals surface area contributed by atoms with Crippen molar-refractivity contribution >= 4 is 43.9 Å². The van der Waals surface area contributed by atoms with Crippen LogP contribution in [0.3, 0.4) is 0 Å². The molecule has 4 aromatic carbocycles. The Bertz CT molecular complexity index is 1790. The molecule has 10 nitrogen and oxygen atoms in total. The third kappa shape index (κ3) is 5.40. The van der Waals surface area contributed by atoms with Crippen molar-refractivity contribution in [3.05, 3.63) is 124 Å². The lowest BCUT2D eigenvalue weighted by Crippen LogP contribution is -2.42. The van der Waals surface area contributed by atoms with Crippen molar-refractivity contribution < 1.29 is 27.7 Å². The first-order valence-corrected chi connectivity index (χ1v) is 14.0. The van der Waals surface area contributed by atoms with E-state index in [1.807, 2.05) is 78.9 Å². The van der Waals surface area contributed by atoms with Gasteiger partial charge in [-0.3, -0.25) is 20.3 Å². The van der Waals surface area contributed by atoms with Crippen LogP contribution in [0.15, 0.2) is 102 Å². The van der Waals surface area contributed by atoms with Gasteiger partial charge in [-0.1, -0.05) is 66.7 Å². The van der Waals surface area contributed by atoms with Crippen LogP contribution in [0.25, 0.3) is 16.5 Å². The quantitative estimate of drug-likeness (QED) is 0.200. The number of esters is 1. The average molecular weight is 558 g/mol. The molecule has 0 fully saturated rings. The normalized spacial score (nSPS) is 14.9. The molecular formula is C29H23N3O7S. The van der Waals surface area contributed by atoms with Crippen molar-refractivity contribution in [2.24, 2.45) is 0 Å². The minimum absolute atomic E-state index is 0.254. The van der Waals surface area contributed by atoms with E-state index in [0.717, 1.165) is 46.4 Å². The van der Waals surface area contributed by atoms with E-state index in [-0.39, 0.29) is 5.56 Å². The summed E-state index contributed by atoms with van der Waals surface area (Å²) in [5, 5.41) is 14.9. The highest BCUT2D eigenvalue weighted by Gasteiger charge is 2.32. The van der Waals surface area contributed by atoms with Crippen LogP contribution in [-0.2, 0) is 19.4 Å². The summed E-state index contributed by atoms with van der Waals surface area (Å²) in [7, 11) is -3.90. The lowest BCUT2D eigenvalue weighted by molar-refractivity contribution is -0.387. The van der Waals surface area contributed by atoms with Crippen LogP contribution >= 0.6 is 0 Å². The van der Waals surface area contributed by atoms with Crippen molar-refractivity contribution in [1.82, 2.24) is 10.4 Å². The maximum Gasteiger partial charge on any atom is 0.338 e. The van der Waals surface area contributed by atoms with E-state index < -0.39 is 49.9 Å². The summed E-state index contributed by atoms with van der Waals surface area (Å²) in [5.41, 5.74) is 4.52. The largest absolute Gasteiger partial charge is 0.452 e. The van der Waals surface area contributed by atoms with Gasteiger partial charge in [0.25, 0.3) is 11.6 Å². The predicted octanol–water partition coefficient (Wildman–Crippen LogP) is 4.44. The van der Waals surface area contributed by atoms with Gasteiger partial charge in [0, 0.05) is 12.3 Å². The number of amides is 1. The Hall–Kier alpha value is -5.03. The van der Waals surface area contributed by atoms with Gasteiger partial charge in [0.2, 0.25) is 0 Å². The van der Waals surface area contributed by atoms with Gasteiger partial charge >= 0.3 is 5.97 Å². The number of ether oxygens (including phenoxy) is 1. The Balaban J connectivity index is 1.36. The maximum absolute atomic E-state index is 13.3. The lowest BCUT2D eigenvalue weighted by atomic mass is 10.0. The summed E-state index contributed by atoms with van der Waals surface area (Å²) in [5.74, 6) is -1.56. The summed E-state index contributed by atoms with van der Waals surface area (Å²) in [6.07, 6.45) is 2.74. The molecule has 0 aliphatic carbocycles. The molecule has 11 heteroatoms. The van der Waals surface area contributed by atoms with E-state index in [2.05, 4.69) is 5.43 Å². The fraction of sp³-hybridized carbons (Fsp3) is 0.103. The molecule has 0 bridgehead atoms. The van der Waals surface area contributed by atoms with Crippen LogP contribution in [0.1, 0.15) is 27.5 Å². The van der Waals surface area contributed by atoms with Crippen molar-refractivity contribution in [2.75, 3.05) is 12.9 Å². The standard InChI is InChI=1S/C29H23N3O7S/c1-40(37,38)27-14-13-23(16-26(27)32(35)36)29(34)39-18-28(33)31-25(20-8-3-2-4-9-20)17-24(30-31)22-12-11-19-7-5-6-10-21(19)15-22/h2-17,25,30H,18H2,1H3/t25-/m1/s1. The number of benzene rings is 4. The van der Waals surface area contributed by atoms with Crippen LogP contribution < -0.4 is 5.43 Å². The fourth-order valence-corrected chi connectivity index (χ4v) is 5.31. The van der Waals surface area contributed by atoms with E-state index in [1.165, 1.54) is 5.01 Å². The number of carbonyl (C=O) groups is 2. The number of sulfone groups is 1. The van der Waals surface area contributed by atoms with E-state index >= 15 is 0 Å². The van der Waals surface area contributed by atoms with Crippen LogP contribution in [-0.4, -0.2) is 43.1 Å². The molecule has 1 amide bonds. The third-order valence-electron chi connectivity index (χ3n) is 6.43. The Labute approximate surface area is 229 Å². The molecule has 0 saturated heterocycles. The number of nitrogens with one attached hydrogen (secondary N) is 1. The highest BCUT2D eigenvalue weighted by molar-refractivity contribution is 7.90. The van der Waals surface area contributed by atoms with Gasteiger partial charge < -0.3 is 4.74 Å². The lowest BCUT2D eigenvalue weighted by Gasteiger charge is -2.25. The Morgan fingerprint density at radius 1 is 0.950 bits per heavy atom. The molecule has 1 atom stereocenters. The van der Waals surface area contributed by atoms with Crippen LogP contribution in [0, 0.1) is 10.1 Å². The van der Waals surface area contributed by atoms with Crippen LogP contribution in [0.4, 0.5) is 5.69 Å². The molecule has 1 N–H and O–H groups in total. The van der Waals surface area contributed by atoms with Gasteiger partial charge in [0.1, 0.15) is 4.90 Å². The molecule has 0 saturated carbocycles. The molecule has 0 unspecified atom stereocenters. The second-order valence-electron chi connectivity index (χ2n) is 9.16. The number of fused-ring (bicyclic) bond motifs is 1. The first-order valence-electron chi connectivity index (χ1n) is 12.1. The highest BCUT2D eigenvalue weighted by atomic mass is 32.2. The summed E-state index contributed by atoms with van der Waals surface area (Å²) >= 11 is 0. The first-order chi connectivity index (χ1) is 19.1. The zero-order valence-electron chi connectivity index (χ0n) is 21.2. The van der Waals surface area contributed by atoms with Gasteiger partial charge in [0.05, 0.1) is 22.2 Å². The van der Waals surface area contributed by atoms with Crippen molar-refractivity contribution in [2.45, 2.75) is 10.9 Å². The maximum atomic E-state index is 13.3. The SMILES string of the molecule is CS(=O)(=O)c1ccc(C(=O)OCC(=O)N2NC(c3ccc4ccccc4c3)=C[C@@H]2c2ccccc2)cc1[N+](=O)[O-]. The predicted molar refractivity (Wildman–Crippen MR) is 148 cm³/mol. The van der Waals surface area contributed by atoms with Crippen molar-refractivity contribution in [3.8, 4) is 0 Å². The van der Waals surface area contributed by atoms with Crippen molar-refractivity contribution in [3.63, 3.8) is 0 Å². The molecule has 0 aromatic heterocycles. The molecule has 40 heavy (non-hydrogen) atoms. The zero-order valence-corrected chi connectivity index (χ0v) is 22.0. The number of rotatable bonds is 7. The van der Waals surface area contributed by atoms with Crippen LogP contribution in [0.5, 0.6) is 0 Å². The number of carbonyl (C=O) groups excluding carboxylic acids is 2. The molecule has 4 aromatic rings. The molecule has 0 radical (unpaired) electrons. The van der Waals surface area contributed by atoms with Gasteiger partial charge in [-0.2, -0.15) is 0 Å². The van der Waals surface area contributed by atoms with Gasteiger partial charge in [0.15, 0.2) is 16.4 Å². The number of nitro benzene ring substituents is 1. The average Bonchev–Trinajstić information content (AvgIpc) is 3.41. The van der Waals surface area contributed by atoms with Gasteiger partial charge in [-0.25, -0.2) is 18.2 Å². The summed E-state index contributed by atoms with van der Waals surface area (Å²) in [6, 6.07) is 25.6. The first kappa shape index (κ1) is 26.6. The topological polar surface area (TPSA) is 136 Å². The summed E-state index contributed by atoms with van der Waals surface area (Å²) in [6.45, 7) is -0.657. The second kappa shape index (κ2) is 10.6. The minimum atomic E-state index is -3.90. The number of hydrogen-bond donors (Lipinski definition) is 1. The third-order valence-corrected chi connectivity index (χ3v) is 7.58. The molecule has 5 rings (SSSR count). The number of hydrazine groups is 1. The van der Waals surface area contributed by atoms with Gasteiger partial charge in [-0.15, -0.1) is 0 Å². The summed E-state index contributed by atoms with van der Waals surface area (Å²) in [4.78, 5) is 35.9. The van der Waals surface area contributed by atoms with Gasteiger partial charge in [-0.05, 0) is 46.2 Å².